The molecule has 1 amide bonds. The number of fused-ring (bicyclic) bond motifs is 1. The Morgan fingerprint density at radius 2 is 1.78 bits per heavy atom. The maximum atomic E-state index is 12.5. The monoisotopic (exact) mass is 404 g/mol. The van der Waals surface area contributed by atoms with Gasteiger partial charge in [0.25, 0.3) is 5.91 Å². The Morgan fingerprint density at radius 3 is 2.48 bits per heavy atom. The maximum absolute atomic E-state index is 12.5. The third-order valence-electron chi connectivity index (χ3n) is 4.79. The molecule has 4 rings (SSSR count). The SMILES string of the molecule is O=C(NC1CCC(O)CC1)c1ccc2nc(-c3cc(Cl)cc(Cl)c3)oc2c1. The summed E-state index contributed by atoms with van der Waals surface area (Å²) in [6.45, 7) is 0. The van der Waals surface area contributed by atoms with Crippen molar-refractivity contribution < 1.29 is 14.3 Å². The average molecular weight is 405 g/mol. The quantitative estimate of drug-likeness (QED) is 0.654. The third kappa shape index (κ3) is 4.10. The number of hydrogen-bond donors (Lipinski definition) is 2. The summed E-state index contributed by atoms with van der Waals surface area (Å²) in [5.41, 5.74) is 2.36. The number of benzene rings is 2. The van der Waals surface area contributed by atoms with Crippen LogP contribution in [0.3, 0.4) is 0 Å². The van der Waals surface area contributed by atoms with Crippen molar-refractivity contribution in [2.75, 3.05) is 0 Å². The zero-order chi connectivity index (χ0) is 19.0. The van der Waals surface area contributed by atoms with Crippen molar-refractivity contribution in [1.29, 1.82) is 0 Å². The van der Waals surface area contributed by atoms with E-state index < -0.39 is 0 Å². The first kappa shape index (κ1) is 18.3. The number of carbonyl (C=O) groups excluding carboxylic acids is 1. The Bertz CT molecular complexity index is 974. The van der Waals surface area contributed by atoms with Gasteiger partial charge in [0.05, 0.1) is 6.10 Å². The van der Waals surface area contributed by atoms with Gasteiger partial charge in [0, 0.05) is 27.2 Å². The fourth-order valence-corrected chi connectivity index (χ4v) is 3.88. The molecule has 1 fully saturated rings. The molecule has 0 bridgehead atoms. The molecule has 0 spiro atoms. The van der Waals surface area contributed by atoms with E-state index in [1.54, 1.807) is 36.4 Å². The minimum atomic E-state index is -0.248. The maximum Gasteiger partial charge on any atom is 0.251 e. The van der Waals surface area contributed by atoms with Gasteiger partial charge < -0.3 is 14.8 Å². The van der Waals surface area contributed by atoms with Crippen molar-refractivity contribution in [2.24, 2.45) is 0 Å². The summed E-state index contributed by atoms with van der Waals surface area (Å²) in [4.78, 5) is 17.0. The van der Waals surface area contributed by atoms with E-state index in [9.17, 15) is 9.90 Å². The molecule has 1 aliphatic carbocycles. The van der Waals surface area contributed by atoms with E-state index in [4.69, 9.17) is 27.6 Å². The van der Waals surface area contributed by atoms with E-state index in [-0.39, 0.29) is 18.1 Å². The minimum Gasteiger partial charge on any atom is -0.436 e. The molecule has 7 heteroatoms. The second-order valence-corrected chi connectivity index (χ2v) is 7.71. The Morgan fingerprint density at radius 1 is 1.07 bits per heavy atom. The van der Waals surface area contributed by atoms with Gasteiger partial charge in [-0.3, -0.25) is 4.79 Å². The summed E-state index contributed by atoms with van der Waals surface area (Å²) in [5, 5.41) is 13.6. The van der Waals surface area contributed by atoms with E-state index in [1.165, 1.54) is 0 Å². The van der Waals surface area contributed by atoms with Gasteiger partial charge in [-0.15, -0.1) is 0 Å². The highest BCUT2D eigenvalue weighted by molar-refractivity contribution is 6.35. The predicted molar refractivity (Wildman–Crippen MR) is 105 cm³/mol. The highest BCUT2D eigenvalue weighted by Crippen LogP contribution is 2.29. The van der Waals surface area contributed by atoms with E-state index >= 15 is 0 Å². The molecule has 140 valence electrons. The lowest BCUT2D eigenvalue weighted by atomic mass is 9.93. The summed E-state index contributed by atoms with van der Waals surface area (Å²) in [5.74, 6) is 0.246. The molecule has 0 atom stereocenters. The van der Waals surface area contributed by atoms with Crippen LogP contribution in [0.2, 0.25) is 10.0 Å². The van der Waals surface area contributed by atoms with Crippen LogP contribution in [0, 0.1) is 0 Å². The first-order chi connectivity index (χ1) is 13.0. The van der Waals surface area contributed by atoms with Gasteiger partial charge >= 0.3 is 0 Å². The topological polar surface area (TPSA) is 75.4 Å². The Hall–Kier alpha value is -2.08. The summed E-state index contributed by atoms with van der Waals surface area (Å²) < 4.78 is 5.82. The van der Waals surface area contributed by atoms with E-state index in [2.05, 4.69) is 10.3 Å². The lowest BCUT2D eigenvalue weighted by Crippen LogP contribution is -2.38. The van der Waals surface area contributed by atoms with Gasteiger partial charge in [-0.25, -0.2) is 4.98 Å². The molecule has 0 unspecified atom stereocenters. The van der Waals surface area contributed by atoms with Gasteiger partial charge in [-0.1, -0.05) is 23.2 Å². The number of nitrogens with one attached hydrogen (secondary N) is 1. The summed E-state index contributed by atoms with van der Waals surface area (Å²) in [6.07, 6.45) is 2.77. The van der Waals surface area contributed by atoms with Crippen LogP contribution < -0.4 is 5.32 Å². The molecule has 5 nitrogen and oxygen atoms in total. The molecule has 1 aliphatic rings. The normalized spacial score (nSPS) is 20.0. The highest BCUT2D eigenvalue weighted by atomic mass is 35.5. The highest BCUT2D eigenvalue weighted by Gasteiger charge is 2.21. The van der Waals surface area contributed by atoms with Gasteiger partial charge in [0.2, 0.25) is 5.89 Å². The van der Waals surface area contributed by atoms with Crippen molar-refractivity contribution in [3.63, 3.8) is 0 Å². The zero-order valence-corrected chi connectivity index (χ0v) is 15.9. The Balaban J connectivity index is 1.56. The number of oxazole rings is 1. The van der Waals surface area contributed by atoms with Gasteiger partial charge in [0.15, 0.2) is 5.58 Å². The van der Waals surface area contributed by atoms with Crippen LogP contribution >= 0.6 is 23.2 Å². The average Bonchev–Trinajstić information content (AvgIpc) is 3.06. The van der Waals surface area contributed by atoms with Crippen LogP contribution in [0.4, 0.5) is 0 Å². The van der Waals surface area contributed by atoms with Gasteiger partial charge in [-0.2, -0.15) is 0 Å². The van der Waals surface area contributed by atoms with Crippen LogP contribution in [-0.2, 0) is 0 Å². The molecule has 3 aromatic rings. The van der Waals surface area contributed by atoms with Crippen molar-refractivity contribution in [2.45, 2.75) is 37.8 Å². The number of aliphatic hydroxyl groups excluding tert-OH is 1. The van der Waals surface area contributed by atoms with E-state index in [0.29, 0.717) is 38.2 Å². The molecule has 0 aliphatic heterocycles. The minimum absolute atomic E-state index is 0.0930. The Labute approximate surface area is 166 Å². The zero-order valence-electron chi connectivity index (χ0n) is 14.4. The van der Waals surface area contributed by atoms with Crippen LogP contribution in [0.5, 0.6) is 0 Å². The fraction of sp³-hybridized carbons (Fsp3) is 0.300. The standard InChI is InChI=1S/C20H18Cl2N2O3/c21-13-7-12(8-14(22)10-13)20-24-17-6-1-11(9-18(17)27-20)19(26)23-15-2-4-16(25)5-3-15/h1,6-10,15-16,25H,2-5H2,(H,23,26). The molecule has 27 heavy (non-hydrogen) atoms. The summed E-state index contributed by atoms with van der Waals surface area (Å²) in [7, 11) is 0. The largest absolute Gasteiger partial charge is 0.436 e. The van der Waals surface area contributed by atoms with Crippen molar-refractivity contribution in [3.05, 3.63) is 52.0 Å². The van der Waals surface area contributed by atoms with Crippen LogP contribution in [0.15, 0.2) is 40.8 Å². The number of aliphatic hydroxyl groups is 1. The molecule has 1 aromatic heterocycles. The summed E-state index contributed by atoms with van der Waals surface area (Å²) in [6, 6.07) is 10.4. The number of carbonyl (C=O) groups is 1. The second kappa shape index (κ2) is 7.50. The number of aromatic nitrogens is 1. The molecule has 1 heterocycles. The molecular formula is C20H18Cl2N2O3. The first-order valence-electron chi connectivity index (χ1n) is 8.84. The van der Waals surface area contributed by atoms with Crippen molar-refractivity contribution in [3.8, 4) is 11.5 Å². The molecule has 2 N–H and O–H groups in total. The third-order valence-corrected chi connectivity index (χ3v) is 5.23. The van der Waals surface area contributed by atoms with Crippen molar-refractivity contribution in [1.82, 2.24) is 10.3 Å². The molecule has 2 aromatic carbocycles. The van der Waals surface area contributed by atoms with Gasteiger partial charge in [-0.05, 0) is 62.1 Å². The Kier molecular flexibility index (Phi) is 5.08. The summed E-state index contributed by atoms with van der Waals surface area (Å²) >= 11 is 12.1. The fourth-order valence-electron chi connectivity index (χ4n) is 3.36. The van der Waals surface area contributed by atoms with Gasteiger partial charge in [0.1, 0.15) is 5.52 Å². The molecular weight excluding hydrogens is 387 g/mol. The predicted octanol–water partition coefficient (Wildman–Crippen LogP) is 4.83. The molecule has 0 saturated heterocycles. The number of rotatable bonds is 3. The molecule has 1 saturated carbocycles. The second-order valence-electron chi connectivity index (χ2n) is 6.84. The number of hydrogen-bond acceptors (Lipinski definition) is 4. The van der Waals surface area contributed by atoms with Crippen LogP contribution in [0.1, 0.15) is 36.0 Å². The smallest absolute Gasteiger partial charge is 0.251 e. The number of halogens is 2. The van der Waals surface area contributed by atoms with Crippen LogP contribution in [0.25, 0.3) is 22.6 Å². The lowest BCUT2D eigenvalue weighted by molar-refractivity contribution is 0.0867. The van der Waals surface area contributed by atoms with Crippen LogP contribution in [-0.4, -0.2) is 28.1 Å². The number of amides is 1. The van der Waals surface area contributed by atoms with Crippen molar-refractivity contribution >= 4 is 40.2 Å². The first-order valence-corrected chi connectivity index (χ1v) is 9.59. The van der Waals surface area contributed by atoms with E-state index in [0.717, 1.165) is 25.7 Å². The lowest BCUT2D eigenvalue weighted by Gasteiger charge is -2.26. The number of nitrogens with zero attached hydrogens (tertiary/aromatic N) is 1. The molecule has 0 radical (unpaired) electrons. The van der Waals surface area contributed by atoms with E-state index in [1.807, 2.05) is 0 Å².